The Bertz CT molecular complexity index is 983. The average Bonchev–Trinajstić information content (AvgIpc) is 2.69. The van der Waals surface area contributed by atoms with Crippen LogP contribution in [0.2, 0.25) is 0 Å². The molecular weight excluding hydrogens is 339 g/mol. The second-order valence-corrected chi connectivity index (χ2v) is 6.66. The number of anilines is 1. The lowest BCUT2D eigenvalue weighted by Crippen LogP contribution is -2.33. The maximum atomic E-state index is 13.4. The highest BCUT2D eigenvalue weighted by atomic mass is 19.1. The number of fused-ring (bicyclic) bond motifs is 1. The molecule has 1 aliphatic heterocycles. The van der Waals surface area contributed by atoms with Crippen LogP contribution in [0.4, 0.5) is 10.1 Å². The minimum atomic E-state index is -0.858. The summed E-state index contributed by atoms with van der Waals surface area (Å²) in [6, 6.07) is 22.4. The van der Waals surface area contributed by atoms with Gasteiger partial charge in [0.05, 0.1) is 5.71 Å². The maximum Gasteiger partial charge on any atom is 0.224 e. The molecule has 0 spiro atoms. The zero-order valence-electron chi connectivity index (χ0n) is 15.4. The quantitative estimate of drug-likeness (QED) is 0.679. The van der Waals surface area contributed by atoms with Crippen molar-refractivity contribution in [2.75, 3.05) is 11.9 Å². The van der Waals surface area contributed by atoms with E-state index < -0.39 is 5.72 Å². The molecule has 136 valence electrons. The van der Waals surface area contributed by atoms with Gasteiger partial charge < -0.3 is 10.1 Å². The molecule has 3 aromatic carbocycles. The lowest BCUT2D eigenvalue weighted by atomic mass is 9.96. The van der Waals surface area contributed by atoms with Crippen LogP contribution in [0.3, 0.4) is 0 Å². The first kappa shape index (κ1) is 17.3. The van der Waals surface area contributed by atoms with Gasteiger partial charge in [-0.25, -0.2) is 9.38 Å². The van der Waals surface area contributed by atoms with Crippen molar-refractivity contribution < 1.29 is 9.13 Å². The van der Waals surface area contributed by atoms with Crippen molar-refractivity contribution in [1.29, 1.82) is 0 Å². The monoisotopic (exact) mass is 360 g/mol. The molecule has 3 nitrogen and oxygen atoms in total. The van der Waals surface area contributed by atoms with Gasteiger partial charge in [-0.3, -0.25) is 0 Å². The van der Waals surface area contributed by atoms with E-state index in [1.54, 1.807) is 12.1 Å². The van der Waals surface area contributed by atoms with Crippen LogP contribution in [0.15, 0.2) is 77.8 Å². The summed E-state index contributed by atoms with van der Waals surface area (Å²) in [5.41, 5.74) is 3.65. The van der Waals surface area contributed by atoms with Gasteiger partial charge in [-0.05, 0) is 43.3 Å². The number of aliphatic imine (C=N–C) groups is 1. The zero-order valence-corrected chi connectivity index (χ0v) is 15.4. The number of halogens is 1. The predicted octanol–water partition coefficient (Wildman–Crippen LogP) is 5.36. The molecule has 0 amide bonds. The van der Waals surface area contributed by atoms with E-state index in [1.165, 1.54) is 12.1 Å². The van der Waals surface area contributed by atoms with E-state index in [2.05, 4.69) is 12.2 Å². The molecular formula is C23H21FN2O. The van der Waals surface area contributed by atoms with Crippen LogP contribution in [0.5, 0.6) is 5.75 Å². The van der Waals surface area contributed by atoms with Crippen molar-refractivity contribution >= 4 is 11.4 Å². The second-order valence-electron chi connectivity index (χ2n) is 6.66. The highest BCUT2D eigenvalue weighted by Crippen LogP contribution is 2.39. The summed E-state index contributed by atoms with van der Waals surface area (Å²) in [7, 11) is 0. The van der Waals surface area contributed by atoms with Gasteiger partial charge in [-0.1, -0.05) is 30.3 Å². The number of nitrogens with one attached hydrogen (secondary N) is 1. The summed E-state index contributed by atoms with van der Waals surface area (Å²) in [4.78, 5) is 4.95. The summed E-state index contributed by atoms with van der Waals surface area (Å²) >= 11 is 0. The van der Waals surface area contributed by atoms with Crippen molar-refractivity contribution in [3.8, 4) is 5.75 Å². The largest absolute Gasteiger partial charge is 0.461 e. The fourth-order valence-corrected chi connectivity index (χ4v) is 3.33. The predicted molar refractivity (Wildman–Crippen MR) is 107 cm³/mol. The van der Waals surface area contributed by atoms with Crippen molar-refractivity contribution in [2.45, 2.75) is 19.6 Å². The number of hydrogen-bond donors (Lipinski definition) is 1. The summed E-state index contributed by atoms with van der Waals surface area (Å²) < 4.78 is 19.8. The summed E-state index contributed by atoms with van der Waals surface area (Å²) in [5, 5.41) is 3.32. The minimum absolute atomic E-state index is 0.264. The topological polar surface area (TPSA) is 33.6 Å². The van der Waals surface area contributed by atoms with Gasteiger partial charge in [-0.15, -0.1) is 0 Å². The number of nitrogens with zero attached hydrogens (tertiary/aromatic N) is 1. The number of hydrogen-bond acceptors (Lipinski definition) is 3. The number of ether oxygens (including phenoxy) is 1. The standard InChI is InChI=1S/C23H21FN2O/c1-3-25-19-13-14-20-21(15-19)27-23(2,17-7-5-4-6-8-17)26-22(20)16-9-11-18(24)12-10-16/h4-15,25H,3H2,1-2H3. The fourth-order valence-electron chi connectivity index (χ4n) is 3.33. The molecule has 4 rings (SSSR count). The molecule has 0 saturated heterocycles. The third kappa shape index (κ3) is 3.31. The molecule has 0 saturated carbocycles. The van der Waals surface area contributed by atoms with Crippen LogP contribution in [0, 0.1) is 5.82 Å². The van der Waals surface area contributed by atoms with Gasteiger partial charge in [0, 0.05) is 41.9 Å². The molecule has 0 bridgehead atoms. The van der Waals surface area contributed by atoms with Crippen LogP contribution in [0.1, 0.15) is 30.5 Å². The van der Waals surface area contributed by atoms with Crippen LogP contribution >= 0.6 is 0 Å². The first-order valence-electron chi connectivity index (χ1n) is 9.08. The number of benzene rings is 3. The lowest BCUT2D eigenvalue weighted by molar-refractivity contribution is 0.0931. The Labute approximate surface area is 158 Å². The van der Waals surface area contributed by atoms with E-state index in [4.69, 9.17) is 9.73 Å². The van der Waals surface area contributed by atoms with Gasteiger partial charge in [0.15, 0.2) is 0 Å². The molecule has 0 radical (unpaired) electrons. The van der Waals surface area contributed by atoms with E-state index in [-0.39, 0.29) is 5.82 Å². The van der Waals surface area contributed by atoms with Crippen LogP contribution in [-0.4, -0.2) is 12.3 Å². The Balaban J connectivity index is 1.89. The zero-order chi connectivity index (χ0) is 18.9. The maximum absolute atomic E-state index is 13.4. The molecule has 1 heterocycles. The first-order valence-corrected chi connectivity index (χ1v) is 9.08. The van der Waals surface area contributed by atoms with Crippen LogP contribution in [0.25, 0.3) is 0 Å². The Morgan fingerprint density at radius 3 is 2.44 bits per heavy atom. The highest BCUT2D eigenvalue weighted by Gasteiger charge is 2.35. The molecule has 0 aliphatic carbocycles. The van der Waals surface area contributed by atoms with Gasteiger partial charge in [0.1, 0.15) is 11.6 Å². The molecule has 1 unspecified atom stereocenters. The minimum Gasteiger partial charge on any atom is -0.461 e. The Kier molecular flexibility index (Phi) is 4.40. The van der Waals surface area contributed by atoms with Crippen LogP contribution in [-0.2, 0) is 5.72 Å². The van der Waals surface area contributed by atoms with E-state index in [1.807, 2.05) is 55.5 Å². The molecule has 0 fully saturated rings. The molecule has 3 aromatic rings. The van der Waals surface area contributed by atoms with Gasteiger partial charge in [-0.2, -0.15) is 0 Å². The fraction of sp³-hybridized carbons (Fsp3) is 0.174. The second kappa shape index (κ2) is 6.88. The summed E-state index contributed by atoms with van der Waals surface area (Å²) in [6.45, 7) is 4.84. The molecule has 27 heavy (non-hydrogen) atoms. The molecule has 1 aliphatic rings. The third-order valence-electron chi connectivity index (χ3n) is 4.68. The van der Waals surface area contributed by atoms with Gasteiger partial charge >= 0.3 is 0 Å². The molecule has 0 aromatic heterocycles. The van der Waals surface area contributed by atoms with E-state index in [0.717, 1.165) is 40.4 Å². The highest BCUT2D eigenvalue weighted by molar-refractivity contribution is 6.15. The van der Waals surface area contributed by atoms with E-state index in [9.17, 15) is 4.39 Å². The smallest absolute Gasteiger partial charge is 0.224 e. The van der Waals surface area contributed by atoms with Crippen molar-refractivity contribution in [1.82, 2.24) is 0 Å². The van der Waals surface area contributed by atoms with Crippen LogP contribution < -0.4 is 10.1 Å². The van der Waals surface area contributed by atoms with Crippen molar-refractivity contribution in [2.24, 2.45) is 4.99 Å². The number of rotatable bonds is 4. The summed E-state index contributed by atoms with van der Waals surface area (Å²) in [6.07, 6.45) is 0. The molecule has 1 N–H and O–H groups in total. The Morgan fingerprint density at radius 2 is 1.74 bits per heavy atom. The summed E-state index contributed by atoms with van der Waals surface area (Å²) in [5.74, 6) is 0.495. The normalized spacial score (nSPS) is 18.3. The van der Waals surface area contributed by atoms with Gasteiger partial charge in [0.25, 0.3) is 0 Å². The first-order chi connectivity index (χ1) is 13.1. The van der Waals surface area contributed by atoms with E-state index in [0.29, 0.717) is 0 Å². The van der Waals surface area contributed by atoms with E-state index >= 15 is 0 Å². The Morgan fingerprint density at radius 1 is 1.00 bits per heavy atom. The Hall–Kier alpha value is -3.14. The van der Waals surface area contributed by atoms with Gasteiger partial charge in [0.2, 0.25) is 5.72 Å². The molecule has 1 atom stereocenters. The lowest BCUT2D eigenvalue weighted by Gasteiger charge is -2.34. The van der Waals surface area contributed by atoms with Crippen molar-refractivity contribution in [3.63, 3.8) is 0 Å². The average molecular weight is 360 g/mol. The molecule has 4 heteroatoms. The SMILES string of the molecule is CCNc1ccc2c(c1)OC(C)(c1ccccc1)N=C2c1ccc(F)cc1. The third-order valence-corrected chi connectivity index (χ3v) is 4.68. The van der Waals surface area contributed by atoms with Crippen molar-refractivity contribution in [3.05, 3.63) is 95.3 Å².